The van der Waals surface area contributed by atoms with Crippen molar-refractivity contribution in [3.05, 3.63) is 71.3 Å². The van der Waals surface area contributed by atoms with Crippen LogP contribution in [0.25, 0.3) is 0 Å². The van der Waals surface area contributed by atoms with Crippen molar-refractivity contribution in [2.75, 3.05) is 0 Å². The molecule has 8 heteroatoms. The maximum Gasteiger partial charge on any atom is 0.326 e. The molecule has 6 nitrogen and oxygen atoms in total. The van der Waals surface area contributed by atoms with E-state index in [4.69, 9.17) is 9.84 Å². The van der Waals surface area contributed by atoms with Crippen LogP contribution in [0.1, 0.15) is 22.3 Å². The fourth-order valence-corrected chi connectivity index (χ4v) is 2.07. The number of nitrogens with one attached hydrogen (secondary N) is 1. The van der Waals surface area contributed by atoms with E-state index in [1.54, 1.807) is 30.3 Å². The first kappa shape index (κ1) is 19.0. The fraction of sp³-hybridized carbons (Fsp3) is 0.167. The summed E-state index contributed by atoms with van der Waals surface area (Å²) in [6, 6.07) is 9.36. The Balaban J connectivity index is 1.96. The molecule has 0 heterocycles. The van der Waals surface area contributed by atoms with Crippen LogP contribution in [0.5, 0.6) is 0 Å². The number of amides is 1. The van der Waals surface area contributed by atoms with E-state index in [1.165, 1.54) is 0 Å². The Bertz CT molecular complexity index is 810. The average Bonchev–Trinajstić information content (AvgIpc) is 2.60. The lowest BCUT2D eigenvalue weighted by molar-refractivity contribution is -0.150. The van der Waals surface area contributed by atoms with Crippen molar-refractivity contribution >= 4 is 17.8 Å². The quantitative estimate of drug-likeness (QED) is 0.737. The van der Waals surface area contributed by atoms with E-state index in [9.17, 15) is 23.2 Å². The number of rotatable bonds is 7. The van der Waals surface area contributed by atoms with Crippen LogP contribution >= 0.6 is 0 Å². The van der Waals surface area contributed by atoms with Crippen LogP contribution < -0.4 is 5.32 Å². The van der Waals surface area contributed by atoms with Gasteiger partial charge in [0.15, 0.2) is 0 Å². The highest BCUT2D eigenvalue weighted by Crippen LogP contribution is 2.10. The summed E-state index contributed by atoms with van der Waals surface area (Å²) >= 11 is 0. The number of carboxylic acids is 1. The molecule has 2 aromatic rings. The van der Waals surface area contributed by atoms with E-state index in [0.29, 0.717) is 11.6 Å². The Kier molecular flexibility index (Phi) is 6.37. The number of halogens is 2. The highest BCUT2D eigenvalue weighted by atomic mass is 19.1. The van der Waals surface area contributed by atoms with Crippen molar-refractivity contribution in [3.63, 3.8) is 0 Å². The van der Waals surface area contributed by atoms with E-state index in [-0.39, 0.29) is 6.61 Å². The molecule has 0 radical (unpaired) electrons. The summed E-state index contributed by atoms with van der Waals surface area (Å²) < 4.78 is 31.4. The van der Waals surface area contributed by atoms with E-state index in [2.05, 4.69) is 0 Å². The SMILES string of the molecule is O=C(C[C@H](NC(=O)c1ccc(F)cc1F)C(=O)O)OCc1ccccc1. The summed E-state index contributed by atoms with van der Waals surface area (Å²) in [5.74, 6) is -5.43. The molecule has 1 atom stereocenters. The zero-order valence-corrected chi connectivity index (χ0v) is 13.4. The van der Waals surface area contributed by atoms with Gasteiger partial charge in [0.2, 0.25) is 0 Å². The summed E-state index contributed by atoms with van der Waals surface area (Å²) in [7, 11) is 0. The largest absolute Gasteiger partial charge is 0.480 e. The Morgan fingerprint density at radius 2 is 1.77 bits per heavy atom. The number of ether oxygens (including phenoxy) is 1. The van der Waals surface area contributed by atoms with Gasteiger partial charge in [-0.1, -0.05) is 30.3 Å². The van der Waals surface area contributed by atoms with Crippen LogP contribution in [0.15, 0.2) is 48.5 Å². The van der Waals surface area contributed by atoms with Gasteiger partial charge < -0.3 is 15.2 Å². The molecule has 2 N–H and O–H groups in total. The number of hydrogen-bond acceptors (Lipinski definition) is 4. The highest BCUT2D eigenvalue weighted by molar-refractivity contribution is 5.97. The molecule has 2 rings (SSSR count). The van der Waals surface area contributed by atoms with Gasteiger partial charge in [-0.25, -0.2) is 13.6 Å². The number of aliphatic carboxylic acids is 1. The zero-order valence-electron chi connectivity index (χ0n) is 13.4. The third kappa shape index (κ3) is 5.37. The first-order valence-corrected chi connectivity index (χ1v) is 7.55. The van der Waals surface area contributed by atoms with Crippen LogP contribution in [0, 0.1) is 11.6 Å². The van der Waals surface area contributed by atoms with Crippen LogP contribution in [-0.4, -0.2) is 29.0 Å². The number of carbonyl (C=O) groups is 3. The lowest BCUT2D eigenvalue weighted by Crippen LogP contribution is -2.42. The van der Waals surface area contributed by atoms with Gasteiger partial charge in [-0.05, 0) is 17.7 Å². The number of esters is 1. The fourth-order valence-electron chi connectivity index (χ4n) is 2.07. The minimum atomic E-state index is -1.62. The number of benzene rings is 2. The van der Waals surface area contributed by atoms with E-state index in [0.717, 1.165) is 12.1 Å². The van der Waals surface area contributed by atoms with Crippen molar-refractivity contribution in [2.24, 2.45) is 0 Å². The molecule has 0 saturated carbocycles. The van der Waals surface area contributed by atoms with E-state index < -0.39 is 47.5 Å². The van der Waals surface area contributed by atoms with E-state index >= 15 is 0 Å². The first-order valence-electron chi connectivity index (χ1n) is 7.55. The topological polar surface area (TPSA) is 92.7 Å². The van der Waals surface area contributed by atoms with Gasteiger partial charge in [-0.15, -0.1) is 0 Å². The minimum Gasteiger partial charge on any atom is -0.480 e. The molecule has 2 aromatic carbocycles. The van der Waals surface area contributed by atoms with Crippen molar-refractivity contribution in [3.8, 4) is 0 Å². The molecular formula is C18H15F2NO5. The summed E-state index contributed by atoms with van der Waals surface area (Å²) in [5.41, 5.74) is 0.181. The van der Waals surface area contributed by atoms with Crippen molar-refractivity contribution < 1.29 is 33.0 Å². The lowest BCUT2D eigenvalue weighted by atomic mass is 10.1. The van der Waals surface area contributed by atoms with Crippen LogP contribution in [0.3, 0.4) is 0 Å². The Morgan fingerprint density at radius 3 is 2.38 bits per heavy atom. The molecule has 0 spiro atoms. The first-order chi connectivity index (χ1) is 12.4. The monoisotopic (exact) mass is 363 g/mol. The minimum absolute atomic E-state index is 0.0491. The summed E-state index contributed by atoms with van der Waals surface area (Å²) in [6.45, 7) is -0.0491. The molecule has 0 saturated heterocycles. The van der Waals surface area contributed by atoms with Crippen LogP contribution in [-0.2, 0) is 20.9 Å². The highest BCUT2D eigenvalue weighted by Gasteiger charge is 2.25. The average molecular weight is 363 g/mol. The number of carbonyl (C=O) groups excluding carboxylic acids is 2. The second-order valence-electron chi connectivity index (χ2n) is 5.34. The molecule has 1 amide bonds. The second-order valence-corrected chi connectivity index (χ2v) is 5.34. The predicted molar refractivity (Wildman–Crippen MR) is 86.1 cm³/mol. The third-order valence-electron chi connectivity index (χ3n) is 3.39. The Labute approximate surface area is 147 Å². The molecule has 0 aliphatic heterocycles. The Morgan fingerprint density at radius 1 is 1.08 bits per heavy atom. The number of carboxylic acid groups (broad SMARTS) is 1. The second kappa shape index (κ2) is 8.70. The van der Waals surface area contributed by atoms with Crippen molar-refractivity contribution in [2.45, 2.75) is 19.1 Å². The normalized spacial score (nSPS) is 11.5. The molecule has 0 bridgehead atoms. The predicted octanol–water partition coefficient (Wildman–Crippen LogP) is 2.28. The van der Waals surface area contributed by atoms with Crippen LogP contribution in [0.4, 0.5) is 8.78 Å². The summed E-state index contributed by atoms with van der Waals surface area (Å²) in [5, 5.41) is 11.2. The molecule has 26 heavy (non-hydrogen) atoms. The van der Waals surface area contributed by atoms with Gasteiger partial charge in [-0.3, -0.25) is 9.59 Å². The van der Waals surface area contributed by atoms with Crippen LogP contribution in [0.2, 0.25) is 0 Å². The van der Waals surface area contributed by atoms with Gasteiger partial charge in [0.1, 0.15) is 24.3 Å². The van der Waals surface area contributed by atoms with Gasteiger partial charge in [-0.2, -0.15) is 0 Å². The molecule has 0 aliphatic rings. The van der Waals surface area contributed by atoms with Crippen molar-refractivity contribution in [1.82, 2.24) is 5.32 Å². The third-order valence-corrected chi connectivity index (χ3v) is 3.39. The molecule has 0 fully saturated rings. The van der Waals surface area contributed by atoms with E-state index in [1.807, 2.05) is 5.32 Å². The smallest absolute Gasteiger partial charge is 0.326 e. The molecule has 0 unspecified atom stereocenters. The van der Waals surface area contributed by atoms with Gasteiger partial charge >= 0.3 is 11.9 Å². The summed E-state index contributed by atoms with van der Waals surface area (Å²) in [6.07, 6.45) is -0.642. The summed E-state index contributed by atoms with van der Waals surface area (Å²) in [4.78, 5) is 35.0. The molecule has 0 aromatic heterocycles. The van der Waals surface area contributed by atoms with Crippen molar-refractivity contribution in [1.29, 1.82) is 0 Å². The lowest BCUT2D eigenvalue weighted by Gasteiger charge is -2.14. The van der Waals surface area contributed by atoms with Gasteiger partial charge in [0, 0.05) is 6.07 Å². The maximum atomic E-state index is 13.6. The molecular weight excluding hydrogens is 348 g/mol. The standard InChI is InChI=1S/C18H15F2NO5/c19-12-6-7-13(14(20)8-12)17(23)21-15(18(24)25)9-16(22)26-10-11-4-2-1-3-5-11/h1-8,15H,9-10H2,(H,21,23)(H,24,25)/t15-/m0/s1. The van der Waals surface area contributed by atoms with Gasteiger partial charge in [0.25, 0.3) is 5.91 Å². The molecule has 136 valence electrons. The maximum absolute atomic E-state index is 13.6. The van der Waals surface area contributed by atoms with Gasteiger partial charge in [0.05, 0.1) is 12.0 Å². The zero-order chi connectivity index (χ0) is 19.1. The Hall–Kier alpha value is -3.29. The molecule has 0 aliphatic carbocycles. The number of hydrogen-bond donors (Lipinski definition) is 2.